The summed E-state index contributed by atoms with van der Waals surface area (Å²) in [4.78, 5) is 2.79. The molecule has 3 atom stereocenters. The van der Waals surface area contributed by atoms with Crippen molar-refractivity contribution in [3.63, 3.8) is 0 Å². The minimum absolute atomic E-state index is 1.00. The topological polar surface area (TPSA) is 3.24 Å². The van der Waals surface area contributed by atoms with Crippen molar-refractivity contribution < 1.29 is 18.7 Å². The molecule has 0 spiro atoms. The van der Waals surface area contributed by atoms with Gasteiger partial charge in [-0.3, -0.25) is 0 Å². The van der Waals surface area contributed by atoms with E-state index in [1.54, 1.807) is 17.3 Å². The molecule has 2 aliphatic carbocycles. The van der Waals surface area contributed by atoms with Gasteiger partial charge >= 0.3 is 131 Å². The summed E-state index contributed by atoms with van der Waals surface area (Å²) in [6, 6.07) is 1.00. The van der Waals surface area contributed by atoms with Crippen LogP contribution in [0.3, 0.4) is 0 Å². The zero-order valence-corrected chi connectivity index (χ0v) is 16.1. The maximum absolute atomic E-state index is 3.12. The quantitative estimate of drug-likeness (QED) is 0.298. The van der Waals surface area contributed by atoms with Gasteiger partial charge in [0.2, 0.25) is 0 Å². The Morgan fingerprint density at radius 2 is 1.45 bits per heavy atom. The third-order valence-corrected chi connectivity index (χ3v) is 18.2. The fourth-order valence-corrected chi connectivity index (χ4v) is 15.0. The summed E-state index contributed by atoms with van der Waals surface area (Å²) in [6.07, 6.45) is 13.8. The molecular weight excluding hydrogens is 357 g/mol. The molecule has 0 aromatic carbocycles. The van der Waals surface area contributed by atoms with Crippen molar-refractivity contribution in [3.8, 4) is 0 Å². The van der Waals surface area contributed by atoms with Gasteiger partial charge in [-0.05, 0) is 0 Å². The molecular formula is C18H35IN-. The summed E-state index contributed by atoms with van der Waals surface area (Å²) in [5.74, 6) is 2.01. The molecule has 0 bridgehead atoms. The van der Waals surface area contributed by atoms with Crippen LogP contribution >= 0.6 is 0 Å². The van der Waals surface area contributed by atoms with Crippen LogP contribution in [0.1, 0.15) is 71.6 Å². The van der Waals surface area contributed by atoms with Crippen molar-refractivity contribution >= 4 is 0 Å². The molecule has 1 nitrogen and oxygen atoms in total. The molecule has 3 fully saturated rings. The SMILES string of the molecule is CC1CCC(N2CC[I-]2(C)C2CCCC(C)CC2)CC1. The Morgan fingerprint density at radius 3 is 2.10 bits per heavy atom. The zero-order chi connectivity index (χ0) is 14.2. The molecule has 1 aliphatic heterocycles. The minimum atomic E-state index is -1.55. The van der Waals surface area contributed by atoms with E-state index in [2.05, 4.69) is 21.9 Å². The molecule has 1 heterocycles. The first-order chi connectivity index (χ1) is 9.59. The van der Waals surface area contributed by atoms with Gasteiger partial charge in [0.15, 0.2) is 0 Å². The van der Waals surface area contributed by atoms with Crippen molar-refractivity contribution in [2.45, 2.75) is 81.6 Å². The van der Waals surface area contributed by atoms with Crippen molar-refractivity contribution in [2.24, 2.45) is 11.8 Å². The van der Waals surface area contributed by atoms with Gasteiger partial charge in [0.25, 0.3) is 0 Å². The third kappa shape index (κ3) is 3.06. The van der Waals surface area contributed by atoms with Crippen LogP contribution in [0, 0.1) is 11.8 Å². The van der Waals surface area contributed by atoms with Crippen molar-refractivity contribution in [1.29, 1.82) is 0 Å². The number of hydrogen-bond acceptors (Lipinski definition) is 1. The van der Waals surface area contributed by atoms with Gasteiger partial charge < -0.3 is 0 Å². The molecule has 0 N–H and O–H groups in total. The molecule has 3 aliphatic rings. The second kappa shape index (κ2) is 6.44. The molecule has 0 amide bonds. The third-order valence-electron chi connectivity index (χ3n) is 6.41. The molecule has 1 saturated heterocycles. The predicted octanol–water partition coefficient (Wildman–Crippen LogP) is 1.55. The summed E-state index contributed by atoms with van der Waals surface area (Å²) in [5, 5.41) is 0. The van der Waals surface area contributed by atoms with Crippen LogP contribution < -0.4 is 18.7 Å². The second-order valence-electron chi connectivity index (χ2n) is 7.96. The average molecular weight is 392 g/mol. The normalized spacial score (nSPS) is 50.8. The first kappa shape index (κ1) is 15.6. The van der Waals surface area contributed by atoms with Crippen LogP contribution in [0.25, 0.3) is 0 Å². The molecule has 0 aromatic heterocycles. The van der Waals surface area contributed by atoms with E-state index in [-0.39, 0.29) is 0 Å². The second-order valence-corrected chi connectivity index (χ2v) is 17.9. The molecule has 0 aromatic rings. The molecule has 2 heteroatoms. The summed E-state index contributed by atoms with van der Waals surface area (Å²) >= 11 is -1.55. The molecule has 120 valence electrons. The van der Waals surface area contributed by atoms with Crippen LogP contribution in [0.15, 0.2) is 0 Å². The van der Waals surface area contributed by atoms with E-state index in [9.17, 15) is 0 Å². The van der Waals surface area contributed by atoms with Crippen LogP contribution in [0.4, 0.5) is 0 Å². The van der Waals surface area contributed by atoms with E-state index < -0.39 is 18.7 Å². The average Bonchev–Trinajstić information content (AvgIpc) is 2.64. The van der Waals surface area contributed by atoms with Gasteiger partial charge in [0, 0.05) is 0 Å². The predicted molar refractivity (Wildman–Crippen MR) is 85.0 cm³/mol. The Hall–Kier alpha value is 0.690. The van der Waals surface area contributed by atoms with Crippen LogP contribution in [-0.2, 0) is 0 Å². The summed E-state index contributed by atoms with van der Waals surface area (Å²) in [5.41, 5.74) is 0. The Morgan fingerprint density at radius 1 is 0.800 bits per heavy atom. The van der Waals surface area contributed by atoms with Crippen LogP contribution in [-0.4, -0.2) is 29.0 Å². The van der Waals surface area contributed by atoms with E-state index in [1.165, 1.54) is 55.4 Å². The summed E-state index contributed by atoms with van der Waals surface area (Å²) in [6.45, 7) is 6.41. The molecule has 3 unspecified atom stereocenters. The molecule has 3 rings (SSSR count). The van der Waals surface area contributed by atoms with E-state index in [0.29, 0.717) is 0 Å². The van der Waals surface area contributed by atoms with Gasteiger partial charge in [-0.1, -0.05) is 0 Å². The number of halogens is 1. The van der Waals surface area contributed by atoms with E-state index in [1.807, 2.05) is 0 Å². The Kier molecular flexibility index (Phi) is 5.01. The molecule has 2 saturated carbocycles. The van der Waals surface area contributed by atoms with Crippen molar-refractivity contribution in [2.75, 3.05) is 15.9 Å². The molecule has 0 radical (unpaired) electrons. The van der Waals surface area contributed by atoms with E-state index in [4.69, 9.17) is 0 Å². The van der Waals surface area contributed by atoms with Crippen molar-refractivity contribution in [3.05, 3.63) is 0 Å². The van der Waals surface area contributed by atoms with Crippen molar-refractivity contribution in [1.82, 2.24) is 3.11 Å². The van der Waals surface area contributed by atoms with E-state index >= 15 is 0 Å². The number of hydrogen-bond donors (Lipinski definition) is 0. The maximum atomic E-state index is 3.12. The van der Waals surface area contributed by atoms with Gasteiger partial charge in [0.1, 0.15) is 0 Å². The van der Waals surface area contributed by atoms with Gasteiger partial charge in [-0.25, -0.2) is 0 Å². The van der Waals surface area contributed by atoms with Gasteiger partial charge in [-0.15, -0.1) is 0 Å². The fraction of sp³-hybridized carbons (Fsp3) is 1.00. The molecule has 20 heavy (non-hydrogen) atoms. The van der Waals surface area contributed by atoms with Gasteiger partial charge in [0.05, 0.1) is 0 Å². The summed E-state index contributed by atoms with van der Waals surface area (Å²) < 4.78 is 5.94. The van der Waals surface area contributed by atoms with Crippen LogP contribution in [0.5, 0.6) is 0 Å². The monoisotopic (exact) mass is 392 g/mol. The number of alkyl halides is 3. The first-order valence-corrected chi connectivity index (χ1v) is 14.9. The Balaban J connectivity index is 1.62. The van der Waals surface area contributed by atoms with Crippen LogP contribution in [0.2, 0.25) is 0 Å². The van der Waals surface area contributed by atoms with E-state index in [0.717, 1.165) is 17.9 Å². The Labute approximate surface area is 131 Å². The standard InChI is InChI=1S/C18H35IN/c1-15-5-4-6-17(10-7-15)19(3)13-14-20(19)18-11-8-16(2)9-12-18/h15-18H,4-14H2,1-3H3/q-1. The zero-order valence-electron chi connectivity index (χ0n) is 13.9. The number of nitrogens with zero attached hydrogens (tertiary/aromatic N) is 1. The summed E-state index contributed by atoms with van der Waals surface area (Å²) in [7, 11) is 0. The Bertz CT molecular complexity index is 323. The first-order valence-electron chi connectivity index (χ1n) is 9.03. The van der Waals surface area contributed by atoms with Gasteiger partial charge in [-0.2, -0.15) is 0 Å². The number of rotatable bonds is 2. The fourth-order valence-electron chi connectivity index (χ4n) is 4.71.